The minimum atomic E-state index is -0.699. The van der Waals surface area contributed by atoms with E-state index in [1.165, 1.54) is 0 Å². The van der Waals surface area contributed by atoms with Crippen molar-refractivity contribution >= 4 is 11.9 Å². The number of ether oxygens (including phenoxy) is 3. The van der Waals surface area contributed by atoms with E-state index in [2.05, 4.69) is 43.1 Å². The second-order valence-electron chi connectivity index (χ2n) is 12.0. The minimum Gasteiger partial charge on any atom is -0.481 e. The Morgan fingerprint density at radius 3 is 1.71 bits per heavy atom. The van der Waals surface area contributed by atoms with E-state index in [1.54, 1.807) is 0 Å². The number of carbonyl (C=O) groups is 2. The van der Waals surface area contributed by atoms with Gasteiger partial charge in [-0.25, -0.2) is 0 Å². The molecule has 0 amide bonds. The van der Waals surface area contributed by atoms with Crippen LogP contribution in [0, 0.1) is 0 Å². The van der Waals surface area contributed by atoms with Gasteiger partial charge in [-0.15, -0.1) is 0 Å². The molecule has 0 aromatic carbocycles. The van der Waals surface area contributed by atoms with Crippen LogP contribution in [0.3, 0.4) is 0 Å². The summed E-state index contributed by atoms with van der Waals surface area (Å²) in [4.78, 5) is 25.5. The van der Waals surface area contributed by atoms with Gasteiger partial charge in [-0.3, -0.25) is 9.59 Å². The molecule has 0 fully saturated rings. The van der Waals surface area contributed by atoms with Gasteiger partial charge in [0.15, 0.2) is 6.29 Å². The predicted octanol–water partition coefficient (Wildman–Crippen LogP) is 8.58. The van der Waals surface area contributed by atoms with Crippen molar-refractivity contribution in [3.63, 3.8) is 0 Å². The van der Waals surface area contributed by atoms with Gasteiger partial charge in [-0.2, -0.15) is 0 Å². The van der Waals surface area contributed by atoms with E-state index in [1.807, 2.05) is 0 Å². The van der Waals surface area contributed by atoms with Crippen molar-refractivity contribution < 1.29 is 28.9 Å². The van der Waals surface area contributed by atoms with Gasteiger partial charge in [0.25, 0.3) is 0 Å². The van der Waals surface area contributed by atoms with Gasteiger partial charge in [0.1, 0.15) is 0 Å². The van der Waals surface area contributed by atoms with Crippen molar-refractivity contribution in [2.45, 2.75) is 155 Å². The molecular weight excluding hydrogens is 568 g/mol. The maximum absolute atomic E-state index is 12.4. The monoisotopic (exact) mass is 639 g/mol. The molecule has 8 heteroatoms. The molecule has 0 aromatic heterocycles. The first-order valence-electron chi connectivity index (χ1n) is 18.4. The Labute approximate surface area is 276 Å². The summed E-state index contributed by atoms with van der Waals surface area (Å²) in [7, 11) is 0. The minimum absolute atomic E-state index is 0.169. The molecule has 0 spiro atoms. The lowest BCUT2D eigenvalue weighted by Crippen LogP contribution is -2.28. The van der Waals surface area contributed by atoms with E-state index in [0.717, 1.165) is 135 Å². The molecule has 8 nitrogen and oxygen atoms in total. The summed E-state index contributed by atoms with van der Waals surface area (Å²) in [5.41, 5.74) is 5.74. The number of nitrogens with zero attached hydrogens (tertiary/aromatic N) is 1. The van der Waals surface area contributed by atoms with E-state index in [9.17, 15) is 9.59 Å². The molecule has 0 aromatic rings. The number of allylic oxidation sites excluding steroid dienone is 4. The molecule has 0 saturated heterocycles. The predicted molar refractivity (Wildman–Crippen MR) is 186 cm³/mol. The number of rotatable bonds is 35. The first-order chi connectivity index (χ1) is 22.0. The fraction of sp³-hybridized carbons (Fsp3) is 0.838. The molecule has 0 aliphatic carbocycles. The Morgan fingerprint density at radius 2 is 1.16 bits per heavy atom. The molecule has 0 heterocycles. The lowest BCUT2D eigenvalue weighted by Gasteiger charge is -2.22. The van der Waals surface area contributed by atoms with Crippen LogP contribution in [0.15, 0.2) is 24.3 Å². The van der Waals surface area contributed by atoms with Crippen molar-refractivity contribution in [2.24, 2.45) is 5.73 Å². The second kappa shape index (κ2) is 35.1. The average Bonchev–Trinajstić information content (AvgIpc) is 3.03. The molecule has 0 unspecified atom stereocenters. The normalized spacial score (nSPS) is 11.9. The molecular formula is C37H70N2O6. The van der Waals surface area contributed by atoms with Crippen LogP contribution in [0.5, 0.6) is 0 Å². The van der Waals surface area contributed by atoms with Gasteiger partial charge in [0.05, 0.1) is 13.0 Å². The topological polar surface area (TPSA) is 111 Å². The molecule has 0 aliphatic rings. The molecule has 0 atom stereocenters. The summed E-state index contributed by atoms with van der Waals surface area (Å²) in [6.07, 6.45) is 28.5. The van der Waals surface area contributed by atoms with Crippen LogP contribution in [0.2, 0.25) is 0 Å². The number of nitrogens with two attached hydrogens (primary N) is 1. The summed E-state index contributed by atoms with van der Waals surface area (Å²) in [6, 6.07) is 0. The van der Waals surface area contributed by atoms with Gasteiger partial charge in [0, 0.05) is 26.1 Å². The van der Waals surface area contributed by atoms with Crippen molar-refractivity contribution in [1.82, 2.24) is 4.90 Å². The highest BCUT2D eigenvalue weighted by atomic mass is 16.7. The zero-order chi connectivity index (χ0) is 33.1. The first kappa shape index (κ1) is 43.3. The number of hydrogen-bond donors (Lipinski definition) is 2. The van der Waals surface area contributed by atoms with Crippen LogP contribution >= 0.6 is 0 Å². The fourth-order valence-electron chi connectivity index (χ4n) is 5.02. The number of carboxylic acid groups (broad SMARTS) is 1. The molecule has 0 saturated carbocycles. The molecule has 45 heavy (non-hydrogen) atoms. The van der Waals surface area contributed by atoms with E-state index in [0.29, 0.717) is 39.2 Å². The number of carbonyl (C=O) groups excluding carboxylic acids is 1. The molecule has 3 N–H and O–H groups in total. The zero-order valence-electron chi connectivity index (χ0n) is 29.2. The molecule has 0 radical (unpaired) electrons. The largest absolute Gasteiger partial charge is 0.481 e. The molecule has 0 bridgehead atoms. The van der Waals surface area contributed by atoms with Crippen molar-refractivity contribution in [3.05, 3.63) is 24.3 Å². The summed E-state index contributed by atoms with van der Waals surface area (Å²) >= 11 is 0. The van der Waals surface area contributed by atoms with Crippen LogP contribution in [0.4, 0.5) is 0 Å². The SMILES string of the molecule is CC/C=C\CCCCOC(CCC(=O)OCCCCCCN(CCCN)CCCCCCCC(=O)O)OCCCC/C=C\CC. The van der Waals surface area contributed by atoms with E-state index in [4.69, 9.17) is 25.1 Å². The van der Waals surface area contributed by atoms with Gasteiger partial charge in [-0.1, -0.05) is 70.3 Å². The summed E-state index contributed by atoms with van der Waals surface area (Å²) < 4.78 is 17.5. The second-order valence-corrected chi connectivity index (χ2v) is 12.0. The van der Waals surface area contributed by atoms with Crippen molar-refractivity contribution in [3.8, 4) is 0 Å². The van der Waals surface area contributed by atoms with Crippen LogP contribution in [0.1, 0.15) is 149 Å². The fourth-order valence-corrected chi connectivity index (χ4v) is 5.02. The smallest absolute Gasteiger partial charge is 0.305 e. The van der Waals surface area contributed by atoms with Gasteiger partial charge in [0.2, 0.25) is 0 Å². The summed E-state index contributed by atoms with van der Waals surface area (Å²) in [5.74, 6) is -0.868. The highest BCUT2D eigenvalue weighted by Gasteiger charge is 2.13. The van der Waals surface area contributed by atoms with Crippen LogP contribution in [-0.4, -0.2) is 74.2 Å². The Bertz CT molecular complexity index is 691. The maximum atomic E-state index is 12.4. The van der Waals surface area contributed by atoms with Crippen LogP contribution in [-0.2, 0) is 23.8 Å². The highest BCUT2D eigenvalue weighted by Crippen LogP contribution is 2.12. The third-order valence-electron chi connectivity index (χ3n) is 7.70. The Kier molecular flexibility index (Phi) is 33.8. The highest BCUT2D eigenvalue weighted by molar-refractivity contribution is 5.69. The van der Waals surface area contributed by atoms with Gasteiger partial charge >= 0.3 is 11.9 Å². The number of unbranched alkanes of at least 4 members (excludes halogenated alkanes) is 11. The lowest BCUT2D eigenvalue weighted by atomic mass is 10.1. The molecule has 0 aliphatic heterocycles. The first-order valence-corrected chi connectivity index (χ1v) is 18.4. The Morgan fingerprint density at radius 1 is 0.644 bits per heavy atom. The number of aliphatic carboxylic acids is 1. The lowest BCUT2D eigenvalue weighted by molar-refractivity contribution is -0.159. The standard InChI is InChI=1S/C37H70N2O6/c1-3-5-7-9-15-22-33-44-37(45-34-23-16-10-8-6-4-2)27-26-36(42)43-32-21-17-14-20-30-39(31-24-28-38)29-19-13-11-12-18-25-35(40)41/h5-8,37H,3-4,9-34,38H2,1-2H3,(H,40,41)/b7-5-,8-6-. The van der Waals surface area contributed by atoms with Crippen LogP contribution < -0.4 is 5.73 Å². The Hall–Kier alpha value is -1.74. The molecule has 0 rings (SSSR count). The molecule has 264 valence electrons. The van der Waals surface area contributed by atoms with Crippen molar-refractivity contribution in [2.75, 3.05) is 46.0 Å². The Balaban J connectivity index is 4.14. The van der Waals surface area contributed by atoms with E-state index in [-0.39, 0.29) is 18.7 Å². The third kappa shape index (κ3) is 33.4. The number of esters is 1. The number of hydrogen-bond acceptors (Lipinski definition) is 7. The van der Waals surface area contributed by atoms with Gasteiger partial charge < -0.3 is 30.0 Å². The quantitative estimate of drug-likeness (QED) is 0.0307. The van der Waals surface area contributed by atoms with Crippen molar-refractivity contribution in [1.29, 1.82) is 0 Å². The van der Waals surface area contributed by atoms with E-state index >= 15 is 0 Å². The summed E-state index contributed by atoms with van der Waals surface area (Å²) in [5, 5.41) is 8.74. The zero-order valence-corrected chi connectivity index (χ0v) is 29.2. The van der Waals surface area contributed by atoms with E-state index < -0.39 is 5.97 Å². The summed E-state index contributed by atoms with van der Waals surface area (Å²) in [6.45, 7) is 9.97. The average molecular weight is 639 g/mol. The number of carboxylic acids is 1. The third-order valence-corrected chi connectivity index (χ3v) is 7.70. The van der Waals surface area contributed by atoms with Crippen LogP contribution in [0.25, 0.3) is 0 Å². The maximum Gasteiger partial charge on any atom is 0.305 e. The van der Waals surface area contributed by atoms with Gasteiger partial charge in [-0.05, 0) is 110 Å².